The SMILES string of the molecule is CCCCc1ccc(NC(=S)N2CCCc3cc(C)ccc32)cc1. The van der Waals surface area contributed by atoms with E-state index in [9.17, 15) is 0 Å². The van der Waals surface area contributed by atoms with Crippen molar-refractivity contribution in [1.29, 1.82) is 0 Å². The predicted molar refractivity (Wildman–Crippen MR) is 108 cm³/mol. The Hall–Kier alpha value is -1.87. The molecule has 0 unspecified atom stereocenters. The molecule has 0 fully saturated rings. The van der Waals surface area contributed by atoms with Crippen molar-refractivity contribution < 1.29 is 0 Å². The Morgan fingerprint density at radius 1 is 1.17 bits per heavy atom. The van der Waals surface area contributed by atoms with Crippen LogP contribution in [0.3, 0.4) is 0 Å². The van der Waals surface area contributed by atoms with Crippen molar-refractivity contribution in [3.63, 3.8) is 0 Å². The van der Waals surface area contributed by atoms with Crippen LogP contribution in [0.4, 0.5) is 11.4 Å². The average Bonchev–Trinajstić information content (AvgIpc) is 2.60. The molecule has 0 aromatic heterocycles. The molecule has 0 bridgehead atoms. The molecule has 0 spiro atoms. The fraction of sp³-hybridized carbons (Fsp3) is 0.381. The van der Waals surface area contributed by atoms with Crippen LogP contribution in [-0.4, -0.2) is 11.7 Å². The standard InChI is InChI=1S/C21H26N2S/c1-3-4-6-17-9-11-19(12-10-17)22-21(24)23-14-5-7-18-15-16(2)8-13-20(18)23/h8-13,15H,3-7,14H2,1-2H3,(H,22,24). The summed E-state index contributed by atoms with van der Waals surface area (Å²) in [6, 6.07) is 15.3. The van der Waals surface area contributed by atoms with Gasteiger partial charge in [-0.3, -0.25) is 0 Å². The molecule has 1 heterocycles. The summed E-state index contributed by atoms with van der Waals surface area (Å²) in [6.07, 6.45) is 5.92. The Morgan fingerprint density at radius 3 is 2.71 bits per heavy atom. The minimum atomic E-state index is 0.793. The number of unbranched alkanes of at least 4 members (excludes halogenated alkanes) is 1. The number of hydrogen-bond acceptors (Lipinski definition) is 1. The van der Waals surface area contributed by atoms with Gasteiger partial charge in [-0.05, 0) is 74.2 Å². The highest BCUT2D eigenvalue weighted by Crippen LogP contribution is 2.28. The smallest absolute Gasteiger partial charge is 0.177 e. The Morgan fingerprint density at radius 2 is 1.96 bits per heavy atom. The molecule has 2 aromatic carbocycles. The van der Waals surface area contributed by atoms with E-state index in [0.29, 0.717) is 0 Å². The number of hydrogen-bond donors (Lipinski definition) is 1. The minimum absolute atomic E-state index is 0.793. The number of anilines is 2. The van der Waals surface area contributed by atoms with E-state index in [4.69, 9.17) is 12.2 Å². The molecule has 0 amide bonds. The molecule has 24 heavy (non-hydrogen) atoms. The summed E-state index contributed by atoms with van der Waals surface area (Å²) in [7, 11) is 0. The first kappa shape index (κ1) is 17.0. The van der Waals surface area contributed by atoms with Crippen molar-refractivity contribution in [1.82, 2.24) is 0 Å². The number of nitrogens with zero attached hydrogens (tertiary/aromatic N) is 1. The molecule has 1 N–H and O–H groups in total. The molecule has 2 aromatic rings. The Bertz CT molecular complexity index is 706. The lowest BCUT2D eigenvalue weighted by Gasteiger charge is -2.32. The molecule has 0 radical (unpaired) electrons. The molecule has 0 saturated heterocycles. The van der Waals surface area contributed by atoms with Crippen LogP contribution in [0.15, 0.2) is 42.5 Å². The first-order chi connectivity index (χ1) is 11.7. The van der Waals surface area contributed by atoms with E-state index in [1.165, 1.54) is 35.2 Å². The van der Waals surface area contributed by atoms with E-state index in [-0.39, 0.29) is 0 Å². The van der Waals surface area contributed by atoms with Gasteiger partial charge in [0.1, 0.15) is 0 Å². The summed E-state index contributed by atoms with van der Waals surface area (Å²) in [5.74, 6) is 0. The summed E-state index contributed by atoms with van der Waals surface area (Å²) < 4.78 is 0. The van der Waals surface area contributed by atoms with Crippen LogP contribution in [-0.2, 0) is 12.8 Å². The van der Waals surface area contributed by atoms with Crippen LogP contribution in [0, 0.1) is 6.92 Å². The van der Waals surface area contributed by atoms with Crippen LogP contribution < -0.4 is 10.2 Å². The number of fused-ring (bicyclic) bond motifs is 1. The Balaban J connectivity index is 1.70. The lowest BCUT2D eigenvalue weighted by atomic mass is 10.00. The van der Waals surface area contributed by atoms with Gasteiger partial charge in [0.05, 0.1) is 0 Å². The summed E-state index contributed by atoms with van der Waals surface area (Å²) in [5, 5.41) is 4.20. The van der Waals surface area contributed by atoms with Gasteiger partial charge in [-0.1, -0.05) is 43.2 Å². The highest BCUT2D eigenvalue weighted by atomic mass is 32.1. The third-order valence-corrected chi connectivity index (χ3v) is 4.95. The molecule has 0 saturated carbocycles. The van der Waals surface area contributed by atoms with E-state index in [1.807, 2.05) is 0 Å². The average molecular weight is 339 g/mol. The second-order valence-corrected chi connectivity index (χ2v) is 7.00. The first-order valence-corrected chi connectivity index (χ1v) is 9.35. The second kappa shape index (κ2) is 7.80. The highest BCUT2D eigenvalue weighted by Gasteiger charge is 2.20. The molecule has 3 heteroatoms. The monoisotopic (exact) mass is 338 g/mol. The summed E-state index contributed by atoms with van der Waals surface area (Å²) in [5.41, 5.74) is 6.44. The van der Waals surface area contributed by atoms with Crippen LogP contribution in [0.2, 0.25) is 0 Å². The van der Waals surface area contributed by atoms with E-state index in [0.717, 1.165) is 36.6 Å². The molecule has 126 valence electrons. The quantitative estimate of drug-likeness (QED) is 0.742. The second-order valence-electron chi connectivity index (χ2n) is 6.62. The van der Waals surface area contributed by atoms with Gasteiger partial charge < -0.3 is 10.2 Å². The fourth-order valence-corrected chi connectivity index (χ4v) is 3.57. The molecule has 2 nitrogen and oxygen atoms in total. The zero-order chi connectivity index (χ0) is 16.9. The summed E-state index contributed by atoms with van der Waals surface area (Å²) in [6.45, 7) is 5.36. The molecule has 0 aliphatic carbocycles. The number of nitrogens with one attached hydrogen (secondary N) is 1. The number of thiocarbonyl (C=S) groups is 1. The fourth-order valence-electron chi connectivity index (χ4n) is 3.26. The molecule has 0 atom stereocenters. The zero-order valence-electron chi connectivity index (χ0n) is 14.6. The maximum absolute atomic E-state index is 5.68. The Labute approximate surface area is 150 Å². The van der Waals surface area contributed by atoms with E-state index in [2.05, 4.69) is 66.5 Å². The van der Waals surface area contributed by atoms with Crippen LogP contribution in [0.1, 0.15) is 42.9 Å². The van der Waals surface area contributed by atoms with E-state index in [1.54, 1.807) is 0 Å². The van der Waals surface area contributed by atoms with Crippen molar-refractivity contribution in [2.24, 2.45) is 0 Å². The zero-order valence-corrected chi connectivity index (χ0v) is 15.5. The van der Waals surface area contributed by atoms with Gasteiger partial charge in [0.15, 0.2) is 5.11 Å². The first-order valence-electron chi connectivity index (χ1n) is 8.94. The van der Waals surface area contributed by atoms with E-state index >= 15 is 0 Å². The van der Waals surface area contributed by atoms with Gasteiger partial charge in [-0.2, -0.15) is 0 Å². The van der Waals surface area contributed by atoms with Crippen LogP contribution in [0.5, 0.6) is 0 Å². The van der Waals surface area contributed by atoms with Crippen LogP contribution >= 0.6 is 12.2 Å². The normalized spacial score (nSPS) is 13.5. The molecular weight excluding hydrogens is 312 g/mol. The van der Waals surface area contributed by atoms with Gasteiger partial charge in [-0.15, -0.1) is 0 Å². The maximum atomic E-state index is 5.68. The molecule has 3 rings (SSSR count). The number of benzene rings is 2. The predicted octanol–water partition coefficient (Wildman–Crippen LogP) is 5.49. The van der Waals surface area contributed by atoms with Gasteiger partial charge in [-0.25, -0.2) is 0 Å². The molecule has 1 aliphatic heterocycles. The van der Waals surface area contributed by atoms with E-state index < -0.39 is 0 Å². The van der Waals surface area contributed by atoms with Crippen molar-refractivity contribution in [2.45, 2.75) is 46.0 Å². The topological polar surface area (TPSA) is 15.3 Å². The number of aryl methyl sites for hydroxylation is 3. The summed E-state index contributed by atoms with van der Waals surface area (Å²) >= 11 is 5.68. The van der Waals surface area contributed by atoms with Crippen molar-refractivity contribution in [3.8, 4) is 0 Å². The lowest BCUT2D eigenvalue weighted by molar-refractivity contribution is 0.780. The molecular formula is C21H26N2S. The third-order valence-electron chi connectivity index (χ3n) is 4.62. The van der Waals surface area contributed by atoms with Crippen molar-refractivity contribution in [2.75, 3.05) is 16.8 Å². The maximum Gasteiger partial charge on any atom is 0.177 e. The van der Waals surface area contributed by atoms with Gasteiger partial charge in [0.2, 0.25) is 0 Å². The van der Waals surface area contributed by atoms with Crippen molar-refractivity contribution >= 4 is 28.7 Å². The highest BCUT2D eigenvalue weighted by molar-refractivity contribution is 7.80. The van der Waals surface area contributed by atoms with Gasteiger partial charge in [0.25, 0.3) is 0 Å². The molecule has 1 aliphatic rings. The van der Waals surface area contributed by atoms with Gasteiger partial charge in [0, 0.05) is 17.9 Å². The Kier molecular flexibility index (Phi) is 5.52. The third kappa shape index (κ3) is 3.96. The summed E-state index contributed by atoms with van der Waals surface area (Å²) in [4.78, 5) is 2.23. The van der Waals surface area contributed by atoms with Crippen molar-refractivity contribution in [3.05, 3.63) is 59.2 Å². The van der Waals surface area contributed by atoms with Crippen LogP contribution in [0.25, 0.3) is 0 Å². The number of rotatable bonds is 4. The largest absolute Gasteiger partial charge is 0.332 e. The minimum Gasteiger partial charge on any atom is -0.332 e. The lowest BCUT2D eigenvalue weighted by Crippen LogP contribution is -2.38. The van der Waals surface area contributed by atoms with Gasteiger partial charge >= 0.3 is 0 Å².